The maximum Gasteiger partial charge on any atom is 0.416 e. The third-order valence-electron chi connectivity index (χ3n) is 4.82. The van der Waals surface area contributed by atoms with Crippen LogP contribution in [-0.2, 0) is 11.0 Å². The van der Waals surface area contributed by atoms with E-state index in [1.807, 2.05) is 35.2 Å². The summed E-state index contributed by atoms with van der Waals surface area (Å²) in [6, 6.07) is 12.7. The summed E-state index contributed by atoms with van der Waals surface area (Å²) in [4.78, 5) is 14.6. The van der Waals surface area contributed by atoms with Gasteiger partial charge in [-0.3, -0.25) is 4.79 Å². The van der Waals surface area contributed by atoms with E-state index in [0.717, 1.165) is 55.5 Å². The number of alkyl halides is 3. The number of anilines is 2. The van der Waals surface area contributed by atoms with Gasteiger partial charge in [-0.15, -0.1) is 5.10 Å². The zero-order chi connectivity index (χ0) is 21.8. The Labute approximate surface area is 180 Å². The second-order valence-corrected chi connectivity index (χ2v) is 7.91. The molecule has 0 spiro atoms. The van der Waals surface area contributed by atoms with Gasteiger partial charge in [0.15, 0.2) is 0 Å². The average Bonchev–Trinajstić information content (AvgIpc) is 3.44. The topological polar surface area (TPSA) is 75.9 Å². The lowest BCUT2D eigenvalue weighted by Crippen LogP contribution is -2.22. The fourth-order valence-electron chi connectivity index (χ4n) is 3.36. The van der Waals surface area contributed by atoms with E-state index < -0.39 is 17.6 Å². The third-order valence-corrected chi connectivity index (χ3v) is 5.74. The largest absolute Gasteiger partial charge is 0.416 e. The number of benzene rings is 2. The molecule has 0 aliphatic carbocycles. The number of para-hydroxylation sites is 1. The molecule has 162 valence electrons. The van der Waals surface area contributed by atoms with Crippen LogP contribution in [0.3, 0.4) is 0 Å². The molecule has 0 unspecified atom stereocenters. The molecule has 3 aromatic rings. The van der Waals surface area contributed by atoms with Crippen molar-refractivity contribution in [3.63, 3.8) is 0 Å². The van der Waals surface area contributed by atoms with Gasteiger partial charge in [0.1, 0.15) is 0 Å². The highest BCUT2D eigenvalue weighted by molar-refractivity contribution is 7.99. The summed E-state index contributed by atoms with van der Waals surface area (Å²) >= 11 is 1.10. The quantitative estimate of drug-likeness (QED) is 0.575. The summed E-state index contributed by atoms with van der Waals surface area (Å²) in [5, 5.41) is 14.5. The summed E-state index contributed by atoms with van der Waals surface area (Å²) in [5.74, 6) is -0.490. The van der Waals surface area contributed by atoms with Crippen LogP contribution in [0.5, 0.6) is 0 Å². The van der Waals surface area contributed by atoms with Crippen LogP contribution in [-0.4, -0.2) is 45.0 Å². The van der Waals surface area contributed by atoms with E-state index in [-0.39, 0.29) is 11.4 Å². The van der Waals surface area contributed by atoms with Gasteiger partial charge in [-0.1, -0.05) is 30.0 Å². The minimum absolute atomic E-state index is 0.0527. The lowest BCUT2D eigenvalue weighted by Gasteiger charge is -2.23. The molecule has 2 aromatic carbocycles. The zero-order valence-electron chi connectivity index (χ0n) is 16.3. The molecule has 4 rings (SSSR count). The Hall–Kier alpha value is -3.08. The highest BCUT2D eigenvalue weighted by Crippen LogP contribution is 2.36. The minimum Gasteiger partial charge on any atom is -0.370 e. The molecule has 1 N–H and O–H groups in total. The lowest BCUT2D eigenvalue weighted by molar-refractivity contribution is -0.137. The Kier molecular flexibility index (Phi) is 6.12. The molecule has 11 heteroatoms. The van der Waals surface area contributed by atoms with Crippen LogP contribution in [0.25, 0.3) is 5.69 Å². The number of amides is 1. The molecule has 0 saturated carbocycles. The van der Waals surface area contributed by atoms with Crippen molar-refractivity contribution in [2.75, 3.05) is 29.1 Å². The van der Waals surface area contributed by atoms with Crippen molar-refractivity contribution in [1.29, 1.82) is 0 Å². The number of hydrogen-bond acceptors (Lipinski definition) is 6. The molecule has 1 fully saturated rings. The van der Waals surface area contributed by atoms with Crippen LogP contribution in [0.2, 0.25) is 0 Å². The Morgan fingerprint density at radius 2 is 1.84 bits per heavy atom. The van der Waals surface area contributed by atoms with Crippen LogP contribution >= 0.6 is 11.8 Å². The minimum atomic E-state index is -4.49. The van der Waals surface area contributed by atoms with Crippen LogP contribution in [0, 0.1) is 0 Å². The summed E-state index contributed by atoms with van der Waals surface area (Å²) in [6.07, 6.45) is -2.56. The molecule has 0 radical (unpaired) electrons. The number of tetrazole rings is 1. The van der Waals surface area contributed by atoms with Crippen molar-refractivity contribution in [1.82, 2.24) is 20.2 Å². The molecule has 1 saturated heterocycles. The maximum atomic E-state index is 13.2. The molecule has 1 aromatic heterocycles. The second kappa shape index (κ2) is 8.96. The number of hydrogen-bond donors (Lipinski definition) is 1. The first-order chi connectivity index (χ1) is 14.9. The standard InChI is InChI=1S/C20H19F3N6OS/c21-20(22,23)14-8-9-17(28-10-4-5-11-28)16(12-14)24-18(30)13-31-19-25-26-27-29(19)15-6-2-1-3-7-15/h1-3,6-9,12H,4-5,10-11,13H2,(H,24,30). The SMILES string of the molecule is O=C(CSc1nnnn1-c1ccccc1)Nc1cc(C(F)(F)F)ccc1N1CCCC1. The van der Waals surface area contributed by atoms with E-state index in [4.69, 9.17) is 0 Å². The van der Waals surface area contributed by atoms with Gasteiger partial charge in [-0.25, -0.2) is 0 Å². The molecule has 31 heavy (non-hydrogen) atoms. The van der Waals surface area contributed by atoms with Crippen molar-refractivity contribution < 1.29 is 18.0 Å². The normalized spacial score (nSPS) is 14.1. The molecule has 1 aliphatic rings. The van der Waals surface area contributed by atoms with Gasteiger partial charge in [0.25, 0.3) is 0 Å². The Morgan fingerprint density at radius 1 is 1.10 bits per heavy atom. The number of carbonyl (C=O) groups is 1. The number of nitrogens with zero attached hydrogens (tertiary/aromatic N) is 5. The van der Waals surface area contributed by atoms with Crippen LogP contribution in [0.1, 0.15) is 18.4 Å². The van der Waals surface area contributed by atoms with Gasteiger partial charge in [0, 0.05) is 13.1 Å². The van der Waals surface area contributed by atoms with Crippen molar-refractivity contribution in [2.24, 2.45) is 0 Å². The maximum absolute atomic E-state index is 13.2. The summed E-state index contributed by atoms with van der Waals surface area (Å²) in [6.45, 7) is 1.49. The summed E-state index contributed by atoms with van der Waals surface area (Å²) in [7, 11) is 0. The molecule has 7 nitrogen and oxygen atoms in total. The first kappa shape index (κ1) is 21.2. The number of carbonyl (C=O) groups excluding carboxylic acids is 1. The number of nitrogens with one attached hydrogen (secondary N) is 1. The lowest BCUT2D eigenvalue weighted by atomic mass is 10.1. The van der Waals surface area contributed by atoms with Crippen molar-refractivity contribution in [3.05, 3.63) is 54.1 Å². The van der Waals surface area contributed by atoms with Gasteiger partial charge in [-0.2, -0.15) is 17.9 Å². The number of rotatable bonds is 6. The average molecular weight is 448 g/mol. The zero-order valence-corrected chi connectivity index (χ0v) is 17.2. The van der Waals surface area contributed by atoms with Crippen molar-refractivity contribution in [3.8, 4) is 5.69 Å². The van der Waals surface area contributed by atoms with Crippen LogP contribution in [0.15, 0.2) is 53.7 Å². The van der Waals surface area contributed by atoms with Crippen LogP contribution in [0.4, 0.5) is 24.5 Å². The smallest absolute Gasteiger partial charge is 0.370 e. The Morgan fingerprint density at radius 3 is 2.55 bits per heavy atom. The number of aromatic nitrogens is 4. The number of halogens is 3. The van der Waals surface area contributed by atoms with E-state index in [9.17, 15) is 18.0 Å². The van der Waals surface area contributed by atoms with Gasteiger partial charge in [0.05, 0.1) is 28.4 Å². The molecular weight excluding hydrogens is 429 g/mol. The summed E-state index contributed by atoms with van der Waals surface area (Å²) in [5.41, 5.74) is 0.693. The van der Waals surface area contributed by atoms with Gasteiger partial charge in [0.2, 0.25) is 11.1 Å². The monoisotopic (exact) mass is 448 g/mol. The van der Waals surface area contributed by atoms with Gasteiger partial charge in [-0.05, 0) is 53.6 Å². The van der Waals surface area contributed by atoms with Crippen molar-refractivity contribution >= 4 is 29.0 Å². The summed E-state index contributed by atoms with van der Waals surface area (Å²) < 4.78 is 41.1. The second-order valence-electron chi connectivity index (χ2n) is 6.97. The molecule has 2 heterocycles. The van der Waals surface area contributed by atoms with Gasteiger partial charge >= 0.3 is 6.18 Å². The molecular formula is C20H19F3N6OS. The predicted molar refractivity (Wildman–Crippen MR) is 111 cm³/mol. The first-order valence-electron chi connectivity index (χ1n) is 9.64. The molecule has 1 amide bonds. The highest BCUT2D eigenvalue weighted by atomic mass is 32.2. The van der Waals surface area contributed by atoms with Crippen molar-refractivity contribution in [2.45, 2.75) is 24.2 Å². The van der Waals surface area contributed by atoms with E-state index in [0.29, 0.717) is 10.8 Å². The van der Waals surface area contributed by atoms with E-state index >= 15 is 0 Å². The highest BCUT2D eigenvalue weighted by Gasteiger charge is 2.32. The Bertz CT molecular complexity index is 1050. The van der Waals surface area contributed by atoms with E-state index in [1.165, 1.54) is 10.7 Å². The molecule has 0 atom stereocenters. The molecule has 0 bridgehead atoms. The van der Waals surface area contributed by atoms with Gasteiger partial charge < -0.3 is 10.2 Å². The van der Waals surface area contributed by atoms with Crippen LogP contribution < -0.4 is 10.2 Å². The van der Waals surface area contributed by atoms with E-state index in [2.05, 4.69) is 20.8 Å². The Balaban J connectivity index is 1.49. The van der Waals surface area contributed by atoms with E-state index in [1.54, 1.807) is 0 Å². The number of thioether (sulfide) groups is 1. The third kappa shape index (κ3) is 4.98. The fourth-order valence-corrected chi connectivity index (χ4v) is 4.05. The first-order valence-corrected chi connectivity index (χ1v) is 10.6. The predicted octanol–water partition coefficient (Wildman–Crippen LogP) is 4.01. The fraction of sp³-hybridized carbons (Fsp3) is 0.300. The molecule has 1 aliphatic heterocycles.